The molecule has 0 unspecified atom stereocenters. The molecule has 0 N–H and O–H groups in total. The third kappa shape index (κ3) is 3.23. The molecule has 0 spiro atoms. The molecule has 88 valence electrons. The molecule has 0 atom stereocenters. The minimum Gasteiger partial charge on any atom is -0.494 e. The fraction of sp³-hybridized carbons (Fsp3) is 0.417. The summed E-state index contributed by atoms with van der Waals surface area (Å²) in [6.45, 7) is 4.00. The predicted molar refractivity (Wildman–Crippen MR) is 64.9 cm³/mol. The molecule has 0 radical (unpaired) electrons. The summed E-state index contributed by atoms with van der Waals surface area (Å²) in [5, 5.41) is 0.359. The van der Waals surface area contributed by atoms with Gasteiger partial charge in [0, 0.05) is 0 Å². The smallest absolute Gasteiger partial charge is 0.175 e. The average Bonchev–Trinajstić information content (AvgIpc) is 2.26. The van der Waals surface area contributed by atoms with Crippen molar-refractivity contribution in [2.24, 2.45) is 0 Å². The average molecular weight is 242 g/mol. The Balaban J connectivity index is 2.83. The van der Waals surface area contributed by atoms with E-state index in [-0.39, 0.29) is 17.1 Å². The van der Waals surface area contributed by atoms with Crippen LogP contribution in [0.2, 0.25) is 0 Å². The topological polar surface area (TPSA) is 26.3 Å². The first-order valence-electron chi connectivity index (χ1n) is 5.03. The van der Waals surface area contributed by atoms with Crippen molar-refractivity contribution in [1.29, 1.82) is 0 Å². The molecule has 0 aliphatic rings. The highest BCUT2D eigenvalue weighted by Crippen LogP contribution is 2.22. The Hall–Kier alpha value is -1.03. The molecule has 0 bridgehead atoms. The number of ketones is 1. The Bertz CT molecular complexity index is 377. The lowest BCUT2D eigenvalue weighted by Crippen LogP contribution is -2.08. The van der Waals surface area contributed by atoms with Gasteiger partial charge in [0.1, 0.15) is 0 Å². The maximum atomic E-state index is 13.7. The van der Waals surface area contributed by atoms with Crippen molar-refractivity contribution in [2.75, 3.05) is 12.9 Å². The maximum Gasteiger partial charge on any atom is 0.175 e. The van der Waals surface area contributed by atoms with E-state index in [1.54, 1.807) is 6.07 Å². The van der Waals surface area contributed by atoms with Gasteiger partial charge in [0.05, 0.1) is 18.4 Å². The second-order valence-electron chi connectivity index (χ2n) is 3.60. The third-order valence-corrected chi connectivity index (χ3v) is 3.13. The van der Waals surface area contributed by atoms with Gasteiger partial charge in [0.2, 0.25) is 0 Å². The molecule has 1 aromatic rings. The summed E-state index contributed by atoms with van der Waals surface area (Å²) in [7, 11) is 1.38. The number of thioether (sulfide) groups is 1. The highest BCUT2D eigenvalue weighted by atomic mass is 32.2. The Morgan fingerprint density at radius 3 is 2.75 bits per heavy atom. The summed E-state index contributed by atoms with van der Waals surface area (Å²) >= 11 is 1.50. The molecule has 0 saturated carbocycles. The normalized spacial score (nSPS) is 10.6. The zero-order chi connectivity index (χ0) is 12.1. The van der Waals surface area contributed by atoms with E-state index in [1.807, 2.05) is 13.8 Å². The van der Waals surface area contributed by atoms with Crippen LogP contribution in [0.3, 0.4) is 0 Å². The van der Waals surface area contributed by atoms with Crippen LogP contribution in [0.5, 0.6) is 5.75 Å². The van der Waals surface area contributed by atoms with Crippen molar-refractivity contribution < 1.29 is 13.9 Å². The highest BCUT2D eigenvalue weighted by molar-refractivity contribution is 8.00. The lowest BCUT2D eigenvalue weighted by molar-refractivity contribution is 0.101. The minimum absolute atomic E-state index is 0.104. The van der Waals surface area contributed by atoms with E-state index in [1.165, 1.54) is 31.0 Å². The summed E-state index contributed by atoms with van der Waals surface area (Å²) in [6.07, 6.45) is 0. The molecule has 0 fully saturated rings. The summed E-state index contributed by atoms with van der Waals surface area (Å²) in [5.41, 5.74) is 0.104. The largest absolute Gasteiger partial charge is 0.494 e. The summed E-state index contributed by atoms with van der Waals surface area (Å²) in [5.74, 6) is -0.364. The molecule has 0 heterocycles. The van der Waals surface area contributed by atoms with Gasteiger partial charge in [0.15, 0.2) is 17.3 Å². The molecule has 1 aromatic carbocycles. The van der Waals surface area contributed by atoms with Crippen LogP contribution >= 0.6 is 11.8 Å². The lowest BCUT2D eigenvalue weighted by atomic mass is 10.1. The van der Waals surface area contributed by atoms with Gasteiger partial charge >= 0.3 is 0 Å². The van der Waals surface area contributed by atoms with Gasteiger partial charge in [0.25, 0.3) is 0 Å². The van der Waals surface area contributed by atoms with Crippen LogP contribution in [0.25, 0.3) is 0 Å². The van der Waals surface area contributed by atoms with E-state index in [0.717, 1.165) is 0 Å². The molecule has 4 heteroatoms. The van der Waals surface area contributed by atoms with Crippen molar-refractivity contribution in [2.45, 2.75) is 19.1 Å². The quantitative estimate of drug-likeness (QED) is 0.742. The molecule has 0 amide bonds. The van der Waals surface area contributed by atoms with E-state index in [9.17, 15) is 9.18 Å². The zero-order valence-corrected chi connectivity index (χ0v) is 10.4. The van der Waals surface area contributed by atoms with Crippen LogP contribution in [0, 0.1) is 5.82 Å². The van der Waals surface area contributed by atoms with Gasteiger partial charge in [-0.1, -0.05) is 19.9 Å². The number of rotatable bonds is 5. The van der Waals surface area contributed by atoms with Gasteiger partial charge in [-0.15, -0.1) is 0 Å². The molecule has 0 aromatic heterocycles. The van der Waals surface area contributed by atoms with E-state index in [0.29, 0.717) is 11.0 Å². The van der Waals surface area contributed by atoms with Crippen molar-refractivity contribution in [3.63, 3.8) is 0 Å². The van der Waals surface area contributed by atoms with E-state index in [2.05, 4.69) is 0 Å². The lowest BCUT2D eigenvalue weighted by Gasteiger charge is -2.07. The fourth-order valence-electron chi connectivity index (χ4n) is 1.20. The van der Waals surface area contributed by atoms with Crippen LogP contribution in [-0.4, -0.2) is 23.9 Å². The summed E-state index contributed by atoms with van der Waals surface area (Å²) in [6, 6.07) is 4.61. The van der Waals surface area contributed by atoms with Crippen molar-refractivity contribution in [3.8, 4) is 5.75 Å². The van der Waals surface area contributed by atoms with Gasteiger partial charge in [-0.3, -0.25) is 4.79 Å². The van der Waals surface area contributed by atoms with Gasteiger partial charge in [-0.25, -0.2) is 4.39 Å². The van der Waals surface area contributed by atoms with Crippen LogP contribution in [-0.2, 0) is 0 Å². The van der Waals surface area contributed by atoms with Crippen LogP contribution in [0.15, 0.2) is 18.2 Å². The Morgan fingerprint density at radius 1 is 1.50 bits per heavy atom. The molecule has 0 aliphatic carbocycles. The maximum absolute atomic E-state index is 13.7. The molecule has 0 aliphatic heterocycles. The number of carbonyl (C=O) groups is 1. The minimum atomic E-state index is -0.570. The van der Waals surface area contributed by atoms with Crippen LogP contribution in [0.4, 0.5) is 4.39 Å². The second-order valence-corrected chi connectivity index (χ2v) is 5.17. The highest BCUT2D eigenvalue weighted by Gasteiger charge is 2.15. The number of benzene rings is 1. The first kappa shape index (κ1) is 13.0. The van der Waals surface area contributed by atoms with E-state index >= 15 is 0 Å². The number of ether oxygens (including phenoxy) is 1. The molecule has 0 saturated heterocycles. The Morgan fingerprint density at radius 2 is 2.19 bits per heavy atom. The first-order chi connectivity index (χ1) is 7.56. The van der Waals surface area contributed by atoms with Crippen molar-refractivity contribution >= 4 is 17.5 Å². The molecular formula is C12H15FO2S. The van der Waals surface area contributed by atoms with Gasteiger partial charge < -0.3 is 4.74 Å². The summed E-state index contributed by atoms with van der Waals surface area (Å²) in [4.78, 5) is 11.7. The Kier molecular flexibility index (Phi) is 4.80. The predicted octanol–water partition coefficient (Wildman–Crippen LogP) is 3.16. The third-order valence-electron chi connectivity index (χ3n) is 2.03. The number of methoxy groups -OCH3 is 1. The first-order valence-corrected chi connectivity index (χ1v) is 6.08. The molecular weight excluding hydrogens is 227 g/mol. The molecule has 1 rings (SSSR count). The van der Waals surface area contributed by atoms with E-state index in [4.69, 9.17) is 4.74 Å². The van der Waals surface area contributed by atoms with Crippen LogP contribution < -0.4 is 4.74 Å². The standard InChI is InChI=1S/C12H15FO2S/c1-8(2)16-7-10(14)9-5-4-6-11(15-3)12(9)13/h4-6,8H,7H2,1-3H3. The fourth-order valence-corrected chi connectivity index (χ4v) is 1.84. The van der Waals surface area contributed by atoms with Gasteiger partial charge in [-0.2, -0.15) is 11.8 Å². The molecule has 2 nitrogen and oxygen atoms in total. The Labute approximate surface area is 99.2 Å². The number of halogens is 1. The van der Waals surface area contributed by atoms with Crippen molar-refractivity contribution in [1.82, 2.24) is 0 Å². The number of hydrogen-bond donors (Lipinski definition) is 0. The van der Waals surface area contributed by atoms with Crippen molar-refractivity contribution in [3.05, 3.63) is 29.6 Å². The van der Waals surface area contributed by atoms with Gasteiger partial charge in [-0.05, 0) is 17.4 Å². The number of carbonyl (C=O) groups excluding carboxylic acids is 1. The second kappa shape index (κ2) is 5.89. The summed E-state index contributed by atoms with van der Waals surface area (Å²) < 4.78 is 18.5. The number of Topliss-reactive ketones (excluding diaryl/α,β-unsaturated/α-hetero) is 1. The zero-order valence-electron chi connectivity index (χ0n) is 9.62. The SMILES string of the molecule is COc1cccc(C(=O)CSC(C)C)c1F. The number of hydrogen-bond acceptors (Lipinski definition) is 3. The van der Waals surface area contributed by atoms with Crippen LogP contribution in [0.1, 0.15) is 24.2 Å². The monoisotopic (exact) mass is 242 g/mol. The van der Waals surface area contributed by atoms with E-state index < -0.39 is 5.82 Å². The molecule has 16 heavy (non-hydrogen) atoms.